The van der Waals surface area contributed by atoms with Crippen LogP contribution in [0.1, 0.15) is 0 Å². The highest BCUT2D eigenvalue weighted by Gasteiger charge is 2.45. The fraction of sp³-hybridized carbons (Fsp3) is 0.600. The lowest BCUT2D eigenvalue weighted by Crippen LogP contribution is -2.60. The van der Waals surface area contributed by atoms with Crippen molar-refractivity contribution in [3.05, 3.63) is 20.8 Å². The Morgan fingerprint density at radius 1 is 1.14 bits per heavy atom. The van der Waals surface area contributed by atoms with Gasteiger partial charge < -0.3 is 35.6 Å². The molecule has 1 saturated heterocycles. The normalized spacial score (nSPS) is 32.9. The van der Waals surface area contributed by atoms with Crippen LogP contribution in [0.25, 0.3) is 0 Å². The van der Waals surface area contributed by atoms with E-state index in [0.717, 1.165) is 0 Å². The van der Waals surface area contributed by atoms with Crippen molar-refractivity contribution in [2.45, 2.75) is 30.7 Å². The van der Waals surface area contributed by atoms with Gasteiger partial charge in [0.05, 0.1) is 6.61 Å². The van der Waals surface area contributed by atoms with E-state index in [1.807, 2.05) is 4.98 Å². The maximum Gasteiger partial charge on any atom is 0.327 e. The number of H-pyrrole nitrogens is 2. The number of ether oxygens (including phenoxy) is 2. The summed E-state index contributed by atoms with van der Waals surface area (Å²) in [5, 5.41) is 38.0. The Balaban J connectivity index is 2.27. The van der Waals surface area contributed by atoms with Crippen LogP contribution in [0.15, 0.2) is 9.59 Å². The molecule has 1 aromatic heterocycles. The van der Waals surface area contributed by atoms with Gasteiger partial charge in [0.15, 0.2) is 5.82 Å². The average molecular weight is 305 g/mol. The Morgan fingerprint density at radius 2 is 1.81 bits per heavy atom. The molecule has 0 bridgehead atoms. The summed E-state index contributed by atoms with van der Waals surface area (Å²) in [6.45, 7) is -0.651. The summed E-state index contributed by atoms with van der Waals surface area (Å²) in [6, 6.07) is 0. The van der Waals surface area contributed by atoms with Gasteiger partial charge in [-0.1, -0.05) is 0 Å². The minimum atomic E-state index is -1.70. The first kappa shape index (κ1) is 15.5. The van der Waals surface area contributed by atoms with Crippen molar-refractivity contribution in [1.82, 2.24) is 9.97 Å². The summed E-state index contributed by atoms with van der Waals surface area (Å²) in [4.78, 5) is 26.5. The Morgan fingerprint density at radius 3 is 2.38 bits per heavy atom. The molecule has 2 rings (SSSR count). The molecular formula is C10H15N3O8. The molecule has 0 radical (unpaired) electrons. The van der Waals surface area contributed by atoms with Crippen molar-refractivity contribution in [2.24, 2.45) is 0 Å². The second kappa shape index (κ2) is 5.83. The molecule has 118 valence electrons. The van der Waals surface area contributed by atoms with Gasteiger partial charge in [-0.25, -0.2) is 4.79 Å². The zero-order valence-corrected chi connectivity index (χ0v) is 10.6. The molecule has 1 aliphatic heterocycles. The van der Waals surface area contributed by atoms with E-state index >= 15 is 0 Å². The van der Waals surface area contributed by atoms with Gasteiger partial charge in [-0.15, -0.1) is 0 Å². The van der Waals surface area contributed by atoms with Gasteiger partial charge in [-0.2, -0.15) is 0 Å². The first-order chi connectivity index (χ1) is 9.85. The maximum atomic E-state index is 11.6. The Kier molecular flexibility index (Phi) is 4.29. The lowest BCUT2D eigenvalue weighted by molar-refractivity contribution is -0.277. The summed E-state index contributed by atoms with van der Waals surface area (Å²) in [5.74, 6) is -0.931. The Bertz CT molecular complexity index is 611. The largest absolute Gasteiger partial charge is 0.452 e. The summed E-state index contributed by atoms with van der Waals surface area (Å²) >= 11 is 0. The van der Waals surface area contributed by atoms with Crippen molar-refractivity contribution >= 4 is 5.82 Å². The molecular weight excluding hydrogens is 290 g/mol. The molecule has 11 nitrogen and oxygen atoms in total. The quantitative estimate of drug-likeness (QED) is 0.290. The van der Waals surface area contributed by atoms with Crippen LogP contribution in [-0.4, -0.2) is 67.7 Å². The van der Waals surface area contributed by atoms with Gasteiger partial charge in [0.2, 0.25) is 12.0 Å². The monoisotopic (exact) mass is 305 g/mol. The topological polar surface area (TPSA) is 191 Å². The van der Waals surface area contributed by atoms with Crippen molar-refractivity contribution in [3.8, 4) is 5.75 Å². The standard InChI is InChI=1S/C10H15N3O8/c11-7-6(8(18)13-10(19)12-7)21-9-5(17)4(16)3(15)2(1-14)20-9/h2-5,9,14-17H,1H2,(H4,11,12,13,18,19). The van der Waals surface area contributed by atoms with Gasteiger partial charge >= 0.3 is 5.69 Å². The lowest BCUT2D eigenvalue weighted by atomic mass is 9.99. The number of nitrogens with two attached hydrogens (primary N) is 1. The molecule has 5 atom stereocenters. The van der Waals surface area contributed by atoms with Crippen LogP contribution in [0, 0.1) is 0 Å². The number of aliphatic hydroxyl groups excluding tert-OH is 4. The SMILES string of the molecule is Nc1[nH]c(=O)[nH]c(=O)c1OC1OC(CO)C(O)C(O)C1O. The van der Waals surface area contributed by atoms with Gasteiger partial charge in [-0.05, 0) is 0 Å². The van der Waals surface area contributed by atoms with Crippen molar-refractivity contribution in [2.75, 3.05) is 12.3 Å². The zero-order chi connectivity index (χ0) is 15.7. The lowest BCUT2D eigenvalue weighted by Gasteiger charge is -2.39. The van der Waals surface area contributed by atoms with Gasteiger partial charge in [0.25, 0.3) is 5.56 Å². The summed E-state index contributed by atoms with van der Waals surface area (Å²) in [7, 11) is 0. The van der Waals surface area contributed by atoms with Gasteiger partial charge in [0.1, 0.15) is 24.4 Å². The second-order valence-electron chi connectivity index (χ2n) is 4.47. The number of aliphatic hydroxyl groups is 4. The third-order valence-electron chi connectivity index (χ3n) is 3.01. The number of aromatic amines is 2. The van der Waals surface area contributed by atoms with E-state index in [1.165, 1.54) is 0 Å². The van der Waals surface area contributed by atoms with Crippen molar-refractivity contribution in [1.29, 1.82) is 0 Å². The zero-order valence-electron chi connectivity index (χ0n) is 10.6. The second-order valence-corrected chi connectivity index (χ2v) is 4.47. The average Bonchev–Trinajstić information content (AvgIpc) is 2.42. The smallest absolute Gasteiger partial charge is 0.327 e. The highest BCUT2D eigenvalue weighted by Crippen LogP contribution is 2.24. The molecule has 5 unspecified atom stereocenters. The minimum Gasteiger partial charge on any atom is -0.452 e. The molecule has 0 aromatic carbocycles. The van der Waals surface area contributed by atoms with Crippen LogP contribution in [0.5, 0.6) is 5.75 Å². The van der Waals surface area contributed by atoms with Crippen LogP contribution < -0.4 is 21.7 Å². The molecule has 11 heteroatoms. The predicted octanol–water partition coefficient (Wildman–Crippen LogP) is -4.18. The molecule has 0 aliphatic carbocycles. The molecule has 0 spiro atoms. The molecule has 2 heterocycles. The van der Waals surface area contributed by atoms with E-state index in [4.69, 9.17) is 20.3 Å². The van der Waals surface area contributed by atoms with Gasteiger partial charge in [-0.3, -0.25) is 14.8 Å². The van der Waals surface area contributed by atoms with E-state index in [1.54, 1.807) is 0 Å². The fourth-order valence-electron chi connectivity index (χ4n) is 1.89. The summed E-state index contributed by atoms with van der Waals surface area (Å²) in [5.41, 5.74) is 3.60. The van der Waals surface area contributed by atoms with Crippen LogP contribution in [0.3, 0.4) is 0 Å². The number of nitrogens with one attached hydrogen (secondary N) is 2. The number of hydrogen-bond acceptors (Lipinski definition) is 9. The van der Waals surface area contributed by atoms with E-state index in [9.17, 15) is 24.9 Å². The number of anilines is 1. The summed E-state index contributed by atoms with van der Waals surface area (Å²) < 4.78 is 10.1. The third kappa shape index (κ3) is 2.91. The molecule has 1 aliphatic rings. The highest BCUT2D eigenvalue weighted by molar-refractivity contribution is 5.42. The number of aromatic nitrogens is 2. The molecule has 0 saturated carbocycles. The predicted molar refractivity (Wildman–Crippen MR) is 66.5 cm³/mol. The third-order valence-corrected chi connectivity index (χ3v) is 3.01. The first-order valence-electron chi connectivity index (χ1n) is 5.94. The minimum absolute atomic E-state index is 0.402. The molecule has 0 amide bonds. The van der Waals surface area contributed by atoms with E-state index in [0.29, 0.717) is 0 Å². The Labute approximate surface area is 116 Å². The number of nitrogen functional groups attached to an aromatic ring is 1. The van der Waals surface area contributed by atoms with E-state index in [-0.39, 0.29) is 0 Å². The van der Waals surface area contributed by atoms with E-state index < -0.39 is 60.1 Å². The van der Waals surface area contributed by atoms with E-state index in [2.05, 4.69) is 4.98 Å². The fourth-order valence-corrected chi connectivity index (χ4v) is 1.89. The van der Waals surface area contributed by atoms with Crippen LogP contribution >= 0.6 is 0 Å². The number of hydrogen-bond donors (Lipinski definition) is 7. The maximum absolute atomic E-state index is 11.6. The van der Waals surface area contributed by atoms with Crippen LogP contribution in [0.2, 0.25) is 0 Å². The summed E-state index contributed by atoms with van der Waals surface area (Å²) in [6.07, 6.45) is -7.69. The van der Waals surface area contributed by atoms with Crippen LogP contribution in [0.4, 0.5) is 5.82 Å². The van der Waals surface area contributed by atoms with Crippen molar-refractivity contribution in [3.63, 3.8) is 0 Å². The first-order valence-corrected chi connectivity index (χ1v) is 5.94. The molecule has 1 fully saturated rings. The number of rotatable bonds is 3. The van der Waals surface area contributed by atoms with Crippen molar-refractivity contribution < 1.29 is 29.9 Å². The molecule has 8 N–H and O–H groups in total. The highest BCUT2D eigenvalue weighted by atomic mass is 16.7. The molecule has 21 heavy (non-hydrogen) atoms. The molecule has 1 aromatic rings. The van der Waals surface area contributed by atoms with Crippen LogP contribution in [-0.2, 0) is 4.74 Å². The Hall–Kier alpha value is -1.92. The van der Waals surface area contributed by atoms with Gasteiger partial charge in [0, 0.05) is 0 Å².